The first-order valence-electron chi connectivity index (χ1n) is 7.59. The second-order valence-corrected chi connectivity index (χ2v) is 5.34. The van der Waals surface area contributed by atoms with Crippen molar-refractivity contribution >= 4 is 17.8 Å². The van der Waals surface area contributed by atoms with E-state index in [-0.39, 0.29) is 17.7 Å². The van der Waals surface area contributed by atoms with E-state index < -0.39 is 30.4 Å². The molecular formula is C18H18N2O5. The second kappa shape index (κ2) is 8.49. The van der Waals surface area contributed by atoms with Gasteiger partial charge in [-0.05, 0) is 17.7 Å². The summed E-state index contributed by atoms with van der Waals surface area (Å²) in [6, 6.07) is 14.0. The van der Waals surface area contributed by atoms with Crippen LogP contribution in [0.1, 0.15) is 15.9 Å². The van der Waals surface area contributed by atoms with E-state index in [9.17, 15) is 19.5 Å². The summed E-state index contributed by atoms with van der Waals surface area (Å²) in [4.78, 5) is 35.2. The van der Waals surface area contributed by atoms with Crippen molar-refractivity contribution in [1.29, 1.82) is 0 Å². The lowest BCUT2D eigenvalue weighted by atomic mass is 10.0. The van der Waals surface area contributed by atoms with E-state index in [2.05, 4.69) is 10.6 Å². The molecule has 4 N–H and O–H groups in total. The van der Waals surface area contributed by atoms with Crippen molar-refractivity contribution < 1.29 is 24.6 Å². The standard InChI is InChI=1S/C18H18N2O5/c21-15-9-5-4-8-13(15)17(24)20-14(18(25)19-11-16(22)23)10-12-6-2-1-3-7-12/h1-9,14,21H,10-11H2,(H,19,25)(H,20,24)(H,22,23). The first-order valence-corrected chi connectivity index (χ1v) is 7.59. The van der Waals surface area contributed by atoms with Crippen LogP contribution in [0.4, 0.5) is 0 Å². The monoisotopic (exact) mass is 342 g/mol. The van der Waals surface area contributed by atoms with E-state index in [0.717, 1.165) is 5.56 Å². The molecule has 2 rings (SSSR count). The fourth-order valence-corrected chi connectivity index (χ4v) is 2.25. The van der Waals surface area contributed by atoms with Gasteiger partial charge in [-0.3, -0.25) is 14.4 Å². The molecular weight excluding hydrogens is 324 g/mol. The summed E-state index contributed by atoms with van der Waals surface area (Å²) >= 11 is 0. The Morgan fingerprint density at radius 3 is 2.24 bits per heavy atom. The van der Waals surface area contributed by atoms with Crippen LogP contribution in [-0.4, -0.2) is 40.6 Å². The number of aromatic hydroxyl groups is 1. The molecule has 7 nitrogen and oxygen atoms in total. The Labute approximate surface area is 144 Å². The summed E-state index contributed by atoms with van der Waals surface area (Å²) in [7, 11) is 0. The number of rotatable bonds is 7. The summed E-state index contributed by atoms with van der Waals surface area (Å²) < 4.78 is 0. The van der Waals surface area contributed by atoms with Crippen LogP contribution < -0.4 is 10.6 Å². The van der Waals surface area contributed by atoms with E-state index >= 15 is 0 Å². The zero-order chi connectivity index (χ0) is 18.2. The Hall–Kier alpha value is -3.35. The summed E-state index contributed by atoms with van der Waals surface area (Å²) in [5.41, 5.74) is 0.835. The van der Waals surface area contributed by atoms with E-state index in [1.807, 2.05) is 6.07 Å². The third kappa shape index (κ3) is 5.35. The first kappa shape index (κ1) is 18.0. The Morgan fingerprint density at radius 2 is 1.60 bits per heavy atom. The largest absolute Gasteiger partial charge is 0.507 e. The van der Waals surface area contributed by atoms with Crippen LogP contribution in [0.2, 0.25) is 0 Å². The number of phenolic OH excluding ortho intramolecular Hbond substituents is 1. The molecule has 1 unspecified atom stereocenters. The van der Waals surface area contributed by atoms with Gasteiger partial charge in [-0.1, -0.05) is 42.5 Å². The second-order valence-electron chi connectivity index (χ2n) is 5.34. The lowest BCUT2D eigenvalue weighted by Crippen LogP contribution is -2.49. The lowest BCUT2D eigenvalue weighted by Gasteiger charge is -2.18. The Morgan fingerprint density at radius 1 is 0.960 bits per heavy atom. The summed E-state index contributed by atoms with van der Waals surface area (Å²) in [5, 5.41) is 23.3. The number of hydrogen-bond donors (Lipinski definition) is 4. The molecule has 0 bridgehead atoms. The van der Waals surface area contributed by atoms with Gasteiger partial charge < -0.3 is 20.8 Å². The average Bonchev–Trinajstić information content (AvgIpc) is 2.60. The maximum absolute atomic E-state index is 12.3. The predicted octanol–water partition coefficient (Wildman–Crippen LogP) is 0.934. The molecule has 25 heavy (non-hydrogen) atoms. The Kier molecular flexibility index (Phi) is 6.11. The summed E-state index contributed by atoms with van der Waals surface area (Å²) in [5.74, 6) is -2.62. The molecule has 0 heterocycles. The van der Waals surface area contributed by atoms with Crippen LogP contribution in [0, 0.1) is 0 Å². The number of amides is 2. The van der Waals surface area contributed by atoms with Gasteiger partial charge in [-0.25, -0.2) is 0 Å². The van der Waals surface area contributed by atoms with Gasteiger partial charge in [0, 0.05) is 6.42 Å². The van der Waals surface area contributed by atoms with Gasteiger partial charge in [-0.15, -0.1) is 0 Å². The third-order valence-electron chi connectivity index (χ3n) is 3.47. The van der Waals surface area contributed by atoms with E-state index in [0.29, 0.717) is 0 Å². The maximum Gasteiger partial charge on any atom is 0.322 e. The van der Waals surface area contributed by atoms with E-state index in [1.165, 1.54) is 12.1 Å². The minimum absolute atomic E-state index is 0.0339. The highest BCUT2D eigenvalue weighted by Crippen LogP contribution is 2.15. The summed E-state index contributed by atoms with van der Waals surface area (Å²) in [6.07, 6.45) is 0.186. The van der Waals surface area contributed by atoms with Crippen LogP contribution >= 0.6 is 0 Å². The van der Waals surface area contributed by atoms with Gasteiger partial charge >= 0.3 is 5.97 Å². The molecule has 2 amide bonds. The maximum atomic E-state index is 12.3. The van der Waals surface area contributed by atoms with Crippen LogP contribution in [-0.2, 0) is 16.0 Å². The molecule has 7 heteroatoms. The molecule has 2 aromatic carbocycles. The molecule has 0 aliphatic rings. The number of hydrogen-bond acceptors (Lipinski definition) is 4. The smallest absolute Gasteiger partial charge is 0.322 e. The molecule has 0 fully saturated rings. The quantitative estimate of drug-likeness (QED) is 0.597. The molecule has 0 aliphatic heterocycles. The first-order chi connectivity index (χ1) is 12.0. The van der Waals surface area contributed by atoms with Gasteiger partial charge in [0.25, 0.3) is 5.91 Å². The zero-order valence-electron chi connectivity index (χ0n) is 13.3. The molecule has 0 saturated carbocycles. The molecule has 1 atom stereocenters. The van der Waals surface area contributed by atoms with Crippen molar-refractivity contribution in [2.24, 2.45) is 0 Å². The van der Waals surface area contributed by atoms with Crippen molar-refractivity contribution in [3.8, 4) is 5.75 Å². The lowest BCUT2D eigenvalue weighted by molar-refractivity contribution is -0.138. The van der Waals surface area contributed by atoms with Gasteiger partial charge in [0.2, 0.25) is 5.91 Å². The highest BCUT2D eigenvalue weighted by Gasteiger charge is 2.23. The highest BCUT2D eigenvalue weighted by molar-refractivity contribution is 5.99. The van der Waals surface area contributed by atoms with E-state index in [1.54, 1.807) is 36.4 Å². The van der Waals surface area contributed by atoms with Crippen molar-refractivity contribution in [3.05, 3.63) is 65.7 Å². The van der Waals surface area contributed by atoms with Crippen molar-refractivity contribution in [2.75, 3.05) is 6.54 Å². The normalized spacial score (nSPS) is 11.4. The van der Waals surface area contributed by atoms with E-state index in [4.69, 9.17) is 5.11 Å². The molecule has 0 spiro atoms. The number of carboxylic acids is 1. The number of para-hydroxylation sites is 1. The molecule has 0 aliphatic carbocycles. The molecule has 2 aromatic rings. The SMILES string of the molecule is O=C(O)CNC(=O)C(Cc1ccccc1)NC(=O)c1ccccc1O. The average molecular weight is 342 g/mol. The number of carbonyl (C=O) groups is 3. The van der Waals surface area contributed by atoms with Gasteiger partial charge in [-0.2, -0.15) is 0 Å². The van der Waals surface area contributed by atoms with Gasteiger partial charge in [0.1, 0.15) is 18.3 Å². The highest BCUT2D eigenvalue weighted by atomic mass is 16.4. The number of phenols is 1. The fourth-order valence-electron chi connectivity index (χ4n) is 2.25. The number of benzene rings is 2. The summed E-state index contributed by atoms with van der Waals surface area (Å²) in [6.45, 7) is -0.545. The van der Waals surface area contributed by atoms with Gasteiger partial charge in [0.05, 0.1) is 5.56 Å². The minimum Gasteiger partial charge on any atom is -0.507 e. The third-order valence-corrected chi connectivity index (χ3v) is 3.47. The Balaban J connectivity index is 2.15. The predicted molar refractivity (Wildman–Crippen MR) is 90.2 cm³/mol. The number of aliphatic carboxylic acids is 1. The van der Waals surface area contributed by atoms with Crippen LogP contribution in [0.25, 0.3) is 0 Å². The molecule has 130 valence electrons. The van der Waals surface area contributed by atoms with Crippen molar-refractivity contribution in [1.82, 2.24) is 10.6 Å². The van der Waals surface area contributed by atoms with Crippen molar-refractivity contribution in [2.45, 2.75) is 12.5 Å². The fraction of sp³-hybridized carbons (Fsp3) is 0.167. The van der Waals surface area contributed by atoms with Crippen LogP contribution in [0.15, 0.2) is 54.6 Å². The molecule has 0 aromatic heterocycles. The van der Waals surface area contributed by atoms with Crippen LogP contribution in [0.5, 0.6) is 5.75 Å². The van der Waals surface area contributed by atoms with Gasteiger partial charge in [0.15, 0.2) is 0 Å². The zero-order valence-corrected chi connectivity index (χ0v) is 13.3. The Bertz CT molecular complexity index is 761. The molecule has 0 saturated heterocycles. The molecule has 0 radical (unpaired) electrons. The van der Waals surface area contributed by atoms with Crippen molar-refractivity contribution in [3.63, 3.8) is 0 Å². The van der Waals surface area contributed by atoms with Crippen LogP contribution in [0.3, 0.4) is 0 Å². The number of nitrogens with one attached hydrogen (secondary N) is 2. The number of carboxylic acid groups (broad SMARTS) is 1. The number of carbonyl (C=O) groups excluding carboxylic acids is 2. The minimum atomic E-state index is -1.18. The topological polar surface area (TPSA) is 116 Å².